The van der Waals surface area contributed by atoms with Crippen LogP contribution in [-0.4, -0.2) is 52.4 Å². The van der Waals surface area contributed by atoms with E-state index in [4.69, 9.17) is 14.2 Å². The van der Waals surface area contributed by atoms with Crippen LogP contribution < -0.4 is 14.2 Å². The highest BCUT2D eigenvalue weighted by Gasteiger charge is 2.34. The van der Waals surface area contributed by atoms with Crippen LogP contribution in [0.5, 0.6) is 17.2 Å². The molecule has 0 fully saturated rings. The first kappa shape index (κ1) is 25.0. The number of para-hydroxylation sites is 1. The van der Waals surface area contributed by atoms with Crippen LogP contribution in [0, 0.1) is 0 Å². The summed E-state index contributed by atoms with van der Waals surface area (Å²) in [5, 5.41) is 0. The first-order valence-corrected chi connectivity index (χ1v) is 12.6. The molecule has 0 saturated carbocycles. The standard InChI is InChI=1S/C22H29NO5S.C2H6/c1-4-23(5-2)14-7-15-27-18-12-10-17(11-13-18)20-16-29(24,25)21-9-6-8-19(26-3)22(21)28-20;1-2/h6,8-13,20H,4-5,7,14-16H2,1-3H3;1-2H3/t20-;/m1./s1. The molecule has 1 heterocycles. The maximum Gasteiger partial charge on any atom is 0.186 e. The molecule has 1 atom stereocenters. The molecule has 2 aromatic rings. The highest BCUT2D eigenvalue weighted by molar-refractivity contribution is 7.91. The van der Waals surface area contributed by atoms with Gasteiger partial charge >= 0.3 is 0 Å². The van der Waals surface area contributed by atoms with Crippen LogP contribution >= 0.6 is 0 Å². The molecule has 0 spiro atoms. The van der Waals surface area contributed by atoms with Gasteiger partial charge in [0.05, 0.1) is 19.5 Å². The third-order valence-corrected chi connectivity index (χ3v) is 6.90. The van der Waals surface area contributed by atoms with Gasteiger partial charge in [-0.05, 0) is 49.3 Å². The molecule has 0 N–H and O–H groups in total. The number of nitrogens with zero attached hydrogens (tertiary/aromatic N) is 1. The van der Waals surface area contributed by atoms with E-state index in [1.807, 2.05) is 38.1 Å². The van der Waals surface area contributed by atoms with Crippen molar-refractivity contribution in [2.75, 3.05) is 39.1 Å². The average Bonchev–Trinajstić information content (AvgIpc) is 2.80. The van der Waals surface area contributed by atoms with Crippen molar-refractivity contribution in [1.29, 1.82) is 0 Å². The average molecular weight is 450 g/mol. The van der Waals surface area contributed by atoms with Crippen molar-refractivity contribution in [3.05, 3.63) is 48.0 Å². The Morgan fingerprint density at radius 2 is 1.74 bits per heavy atom. The van der Waals surface area contributed by atoms with E-state index < -0.39 is 15.9 Å². The molecule has 172 valence electrons. The fraction of sp³-hybridized carbons (Fsp3) is 0.500. The first-order valence-electron chi connectivity index (χ1n) is 11.0. The molecule has 0 bridgehead atoms. The SMILES string of the molecule is CC.CCN(CC)CCCOc1ccc([C@H]2CS(=O)(=O)c3cccc(OC)c3O2)cc1. The number of hydrogen-bond acceptors (Lipinski definition) is 6. The van der Waals surface area contributed by atoms with E-state index in [1.165, 1.54) is 7.11 Å². The van der Waals surface area contributed by atoms with Gasteiger partial charge in [0.2, 0.25) is 0 Å². The highest BCUT2D eigenvalue weighted by atomic mass is 32.2. The zero-order valence-electron chi connectivity index (χ0n) is 19.3. The summed E-state index contributed by atoms with van der Waals surface area (Å²) in [6.07, 6.45) is 0.379. The van der Waals surface area contributed by atoms with Crippen LogP contribution in [0.4, 0.5) is 0 Å². The van der Waals surface area contributed by atoms with Crippen molar-refractivity contribution in [1.82, 2.24) is 4.90 Å². The molecule has 6 nitrogen and oxygen atoms in total. The summed E-state index contributed by atoms with van der Waals surface area (Å²) in [4.78, 5) is 2.54. The van der Waals surface area contributed by atoms with Crippen LogP contribution in [0.15, 0.2) is 47.4 Å². The summed E-state index contributed by atoms with van der Waals surface area (Å²) < 4.78 is 42.5. The molecular formula is C24H35NO5S. The number of hydrogen-bond donors (Lipinski definition) is 0. The lowest BCUT2D eigenvalue weighted by molar-refractivity contribution is 0.204. The smallest absolute Gasteiger partial charge is 0.186 e. The maximum atomic E-state index is 12.7. The third kappa shape index (κ3) is 6.37. The zero-order chi connectivity index (χ0) is 22.9. The Bertz CT molecular complexity index is 908. The molecule has 31 heavy (non-hydrogen) atoms. The van der Waals surface area contributed by atoms with Crippen molar-refractivity contribution >= 4 is 9.84 Å². The number of sulfone groups is 1. The lowest BCUT2D eigenvalue weighted by Crippen LogP contribution is -2.26. The van der Waals surface area contributed by atoms with Crippen molar-refractivity contribution in [2.45, 2.75) is 45.1 Å². The Hall–Kier alpha value is -2.25. The van der Waals surface area contributed by atoms with Crippen molar-refractivity contribution in [3.63, 3.8) is 0 Å². The minimum Gasteiger partial charge on any atom is -0.494 e. The second-order valence-electron chi connectivity index (χ2n) is 6.97. The molecule has 2 aromatic carbocycles. The van der Waals surface area contributed by atoms with Gasteiger partial charge in [0.15, 0.2) is 21.3 Å². The van der Waals surface area contributed by atoms with Crippen LogP contribution in [0.1, 0.15) is 45.8 Å². The Morgan fingerprint density at radius 3 is 2.35 bits per heavy atom. The van der Waals surface area contributed by atoms with Gasteiger partial charge in [0.1, 0.15) is 16.7 Å². The van der Waals surface area contributed by atoms with Crippen LogP contribution in [0.3, 0.4) is 0 Å². The molecular weight excluding hydrogens is 414 g/mol. The Kier molecular flexibility index (Phi) is 9.65. The second-order valence-corrected chi connectivity index (χ2v) is 8.98. The van der Waals surface area contributed by atoms with Crippen molar-refractivity contribution in [3.8, 4) is 17.2 Å². The normalized spacial score (nSPS) is 16.5. The van der Waals surface area contributed by atoms with Gasteiger partial charge in [-0.1, -0.05) is 45.9 Å². The van der Waals surface area contributed by atoms with Crippen molar-refractivity contribution < 1.29 is 22.6 Å². The lowest BCUT2D eigenvalue weighted by Gasteiger charge is -2.27. The monoisotopic (exact) mass is 449 g/mol. The van der Waals surface area contributed by atoms with Crippen LogP contribution in [0.2, 0.25) is 0 Å². The van der Waals surface area contributed by atoms with Crippen LogP contribution in [0.25, 0.3) is 0 Å². The van der Waals surface area contributed by atoms with E-state index in [0.29, 0.717) is 12.4 Å². The van der Waals surface area contributed by atoms with E-state index >= 15 is 0 Å². The molecule has 0 amide bonds. The Balaban J connectivity index is 0.00000166. The van der Waals surface area contributed by atoms with E-state index in [-0.39, 0.29) is 16.4 Å². The van der Waals surface area contributed by atoms with Crippen molar-refractivity contribution in [2.24, 2.45) is 0 Å². The number of fused-ring (bicyclic) bond motifs is 1. The quantitative estimate of drug-likeness (QED) is 0.515. The topological polar surface area (TPSA) is 65.1 Å². The highest BCUT2D eigenvalue weighted by Crippen LogP contribution is 2.42. The maximum absolute atomic E-state index is 12.7. The van der Waals surface area contributed by atoms with Gasteiger partial charge in [-0.3, -0.25) is 0 Å². The summed E-state index contributed by atoms with van der Waals surface area (Å²) in [5.74, 6) is 1.37. The second kappa shape index (κ2) is 12.0. The van der Waals surface area contributed by atoms with Gasteiger partial charge in [0, 0.05) is 6.54 Å². The molecule has 0 saturated heterocycles. The summed E-state index contributed by atoms with van der Waals surface area (Å²) in [6.45, 7) is 12.1. The van der Waals surface area contributed by atoms with Crippen LogP contribution in [-0.2, 0) is 9.84 Å². The molecule has 0 unspecified atom stereocenters. The molecule has 1 aliphatic heterocycles. The van der Waals surface area contributed by atoms with E-state index in [9.17, 15) is 8.42 Å². The Labute approximate surface area is 187 Å². The molecule has 3 rings (SSSR count). The fourth-order valence-electron chi connectivity index (χ4n) is 3.44. The minimum atomic E-state index is -3.45. The summed E-state index contributed by atoms with van der Waals surface area (Å²) in [7, 11) is -1.95. The minimum absolute atomic E-state index is 0.1000. The van der Waals surface area contributed by atoms with E-state index in [0.717, 1.165) is 37.4 Å². The van der Waals surface area contributed by atoms with Gasteiger partial charge in [-0.25, -0.2) is 8.42 Å². The van der Waals surface area contributed by atoms with Gasteiger partial charge in [-0.15, -0.1) is 0 Å². The number of methoxy groups -OCH3 is 1. The first-order chi connectivity index (χ1) is 15.0. The molecule has 7 heteroatoms. The summed E-state index contributed by atoms with van der Waals surface area (Å²) in [5.41, 5.74) is 0.792. The molecule has 0 aromatic heterocycles. The third-order valence-electron chi connectivity index (χ3n) is 5.16. The number of ether oxygens (including phenoxy) is 3. The fourth-order valence-corrected chi connectivity index (χ4v) is 5.00. The largest absolute Gasteiger partial charge is 0.494 e. The molecule has 0 aliphatic carbocycles. The number of rotatable bonds is 9. The number of benzene rings is 2. The van der Waals surface area contributed by atoms with Gasteiger partial charge in [0.25, 0.3) is 0 Å². The predicted octanol–water partition coefficient (Wildman–Crippen LogP) is 4.74. The molecule has 1 aliphatic rings. The van der Waals surface area contributed by atoms with Gasteiger partial charge in [-0.2, -0.15) is 0 Å². The lowest BCUT2D eigenvalue weighted by atomic mass is 10.1. The summed E-state index contributed by atoms with van der Waals surface area (Å²) in [6, 6.07) is 12.4. The molecule has 0 radical (unpaired) electrons. The van der Waals surface area contributed by atoms with E-state index in [2.05, 4.69) is 18.7 Å². The van der Waals surface area contributed by atoms with Gasteiger partial charge < -0.3 is 19.1 Å². The zero-order valence-corrected chi connectivity index (χ0v) is 20.1. The predicted molar refractivity (Wildman–Crippen MR) is 124 cm³/mol. The summed E-state index contributed by atoms with van der Waals surface area (Å²) >= 11 is 0. The Morgan fingerprint density at radius 1 is 1.06 bits per heavy atom. The van der Waals surface area contributed by atoms with E-state index in [1.54, 1.807) is 18.2 Å².